The average Bonchev–Trinajstić information content (AvgIpc) is 2.67. The van der Waals surface area contributed by atoms with Gasteiger partial charge >= 0.3 is 0 Å². The van der Waals surface area contributed by atoms with Crippen molar-refractivity contribution in [3.05, 3.63) is 47.0 Å². The van der Waals surface area contributed by atoms with Gasteiger partial charge in [0.1, 0.15) is 11.6 Å². The van der Waals surface area contributed by atoms with Crippen LogP contribution in [0.3, 0.4) is 0 Å². The van der Waals surface area contributed by atoms with Crippen molar-refractivity contribution in [2.45, 2.75) is 19.4 Å². The highest BCUT2D eigenvalue weighted by atomic mass is 16.3. The van der Waals surface area contributed by atoms with Gasteiger partial charge in [-0.1, -0.05) is 12.1 Å². The zero-order valence-corrected chi connectivity index (χ0v) is 10.5. The molecular weight excluding hydrogens is 226 g/mol. The van der Waals surface area contributed by atoms with Crippen molar-refractivity contribution in [3.63, 3.8) is 0 Å². The summed E-state index contributed by atoms with van der Waals surface area (Å²) in [7, 11) is 2.08. The second-order valence-electron chi connectivity index (χ2n) is 4.75. The monoisotopic (exact) mass is 243 g/mol. The summed E-state index contributed by atoms with van der Waals surface area (Å²) in [5.74, 6) is 1.38. The van der Waals surface area contributed by atoms with Gasteiger partial charge in [-0.25, -0.2) is 4.98 Å². The first kappa shape index (κ1) is 11.3. The molecule has 1 aromatic heterocycles. The van der Waals surface area contributed by atoms with E-state index in [2.05, 4.69) is 16.9 Å². The number of nitrogens with zero attached hydrogens (tertiary/aromatic N) is 2. The van der Waals surface area contributed by atoms with E-state index in [0.717, 1.165) is 37.3 Å². The highest BCUT2D eigenvalue weighted by Crippen LogP contribution is 2.18. The molecule has 0 saturated carbocycles. The lowest BCUT2D eigenvalue weighted by atomic mass is 10.1. The summed E-state index contributed by atoms with van der Waals surface area (Å²) < 4.78 is 2.19. The van der Waals surface area contributed by atoms with Gasteiger partial charge in [0, 0.05) is 38.7 Å². The van der Waals surface area contributed by atoms with Gasteiger partial charge in [-0.15, -0.1) is 0 Å². The molecule has 2 N–H and O–H groups in total. The second kappa shape index (κ2) is 4.46. The van der Waals surface area contributed by atoms with E-state index in [1.807, 2.05) is 12.1 Å². The summed E-state index contributed by atoms with van der Waals surface area (Å²) in [6, 6.07) is 7.38. The molecule has 0 radical (unpaired) electrons. The van der Waals surface area contributed by atoms with E-state index in [9.17, 15) is 5.11 Å². The molecule has 0 bridgehead atoms. The van der Waals surface area contributed by atoms with Crippen LogP contribution < -0.4 is 5.32 Å². The van der Waals surface area contributed by atoms with Gasteiger partial charge in [0.25, 0.3) is 0 Å². The second-order valence-corrected chi connectivity index (χ2v) is 4.75. The maximum atomic E-state index is 9.49. The van der Waals surface area contributed by atoms with Crippen LogP contribution in [0.25, 0.3) is 0 Å². The fraction of sp³-hybridized carbons (Fsp3) is 0.357. The predicted octanol–water partition coefficient (Wildman–Crippen LogP) is 1.36. The Balaban J connectivity index is 1.91. The Bertz CT molecular complexity index is 574. The number of imidazole rings is 1. The van der Waals surface area contributed by atoms with Gasteiger partial charge in [0.05, 0.1) is 5.69 Å². The average molecular weight is 243 g/mol. The minimum Gasteiger partial charge on any atom is -0.508 e. The number of hydrogen-bond donors (Lipinski definition) is 2. The van der Waals surface area contributed by atoms with E-state index in [1.165, 1.54) is 11.4 Å². The van der Waals surface area contributed by atoms with Gasteiger partial charge in [-0.05, 0) is 17.7 Å². The minimum absolute atomic E-state index is 0.313. The molecule has 4 heteroatoms. The number of hydrogen-bond acceptors (Lipinski definition) is 3. The van der Waals surface area contributed by atoms with Crippen LogP contribution in [0.1, 0.15) is 22.8 Å². The number of phenolic OH excluding ortho intramolecular Hbond substituents is 1. The molecule has 18 heavy (non-hydrogen) atoms. The van der Waals surface area contributed by atoms with Gasteiger partial charge in [-0.3, -0.25) is 0 Å². The molecule has 0 atom stereocenters. The quantitative estimate of drug-likeness (QED) is 0.837. The fourth-order valence-corrected chi connectivity index (χ4v) is 2.52. The number of nitrogens with one attached hydrogen (secondary N) is 1. The number of aromatic hydroxyl groups is 1. The molecule has 1 aromatic carbocycles. The smallest absolute Gasteiger partial charge is 0.115 e. The van der Waals surface area contributed by atoms with Gasteiger partial charge in [-0.2, -0.15) is 0 Å². The number of aromatic nitrogens is 2. The summed E-state index contributed by atoms with van der Waals surface area (Å²) in [4.78, 5) is 4.69. The Morgan fingerprint density at radius 3 is 3.11 bits per heavy atom. The lowest BCUT2D eigenvalue weighted by molar-refractivity contribution is 0.474. The summed E-state index contributed by atoms with van der Waals surface area (Å²) in [5.41, 5.74) is 3.59. The van der Waals surface area contributed by atoms with Crippen LogP contribution in [0.5, 0.6) is 5.75 Å². The highest BCUT2D eigenvalue weighted by molar-refractivity contribution is 5.30. The molecule has 1 aliphatic rings. The summed E-state index contributed by atoms with van der Waals surface area (Å²) in [6.45, 7) is 1.89. The maximum Gasteiger partial charge on any atom is 0.115 e. The standard InChI is InChI=1S/C14H17N3O/c1-17-13-5-6-15-9-12(13)16-14(17)8-10-3-2-4-11(18)7-10/h2-4,7,15,18H,5-6,8-9H2,1H3. The van der Waals surface area contributed by atoms with E-state index in [0.29, 0.717) is 5.75 Å². The summed E-state index contributed by atoms with van der Waals surface area (Å²) >= 11 is 0. The largest absolute Gasteiger partial charge is 0.508 e. The van der Waals surface area contributed by atoms with E-state index >= 15 is 0 Å². The number of phenols is 1. The third kappa shape index (κ3) is 1.99. The normalized spacial score (nSPS) is 14.5. The van der Waals surface area contributed by atoms with Crippen molar-refractivity contribution in [2.75, 3.05) is 6.54 Å². The van der Waals surface area contributed by atoms with Gasteiger partial charge in [0.15, 0.2) is 0 Å². The minimum atomic E-state index is 0.313. The maximum absolute atomic E-state index is 9.49. The van der Waals surface area contributed by atoms with Crippen LogP contribution in [0.2, 0.25) is 0 Å². The predicted molar refractivity (Wildman–Crippen MR) is 69.5 cm³/mol. The number of rotatable bonds is 2. The summed E-state index contributed by atoms with van der Waals surface area (Å²) in [5, 5.41) is 12.8. The van der Waals surface area contributed by atoms with Crippen molar-refractivity contribution in [3.8, 4) is 5.75 Å². The topological polar surface area (TPSA) is 50.1 Å². The lowest BCUT2D eigenvalue weighted by Crippen LogP contribution is -2.24. The van der Waals surface area contributed by atoms with E-state index in [4.69, 9.17) is 4.98 Å². The van der Waals surface area contributed by atoms with Crippen LogP contribution >= 0.6 is 0 Å². The SMILES string of the molecule is Cn1c(Cc2cccc(O)c2)nc2c1CCNC2. The molecule has 0 aliphatic carbocycles. The highest BCUT2D eigenvalue weighted by Gasteiger charge is 2.17. The molecule has 0 saturated heterocycles. The van der Waals surface area contributed by atoms with Gasteiger partial charge in [0.2, 0.25) is 0 Å². The first-order valence-electron chi connectivity index (χ1n) is 6.26. The first-order chi connectivity index (χ1) is 8.74. The molecule has 0 fully saturated rings. The molecule has 0 spiro atoms. The van der Waals surface area contributed by atoms with Crippen molar-refractivity contribution in [1.29, 1.82) is 0 Å². The number of benzene rings is 1. The molecule has 4 nitrogen and oxygen atoms in total. The molecule has 3 rings (SSSR count). The Morgan fingerprint density at radius 2 is 2.33 bits per heavy atom. The fourth-order valence-electron chi connectivity index (χ4n) is 2.52. The third-order valence-corrected chi connectivity index (χ3v) is 3.49. The molecule has 1 aliphatic heterocycles. The van der Waals surface area contributed by atoms with Crippen LogP contribution in [0.4, 0.5) is 0 Å². The number of fused-ring (bicyclic) bond motifs is 1. The Kier molecular flexibility index (Phi) is 2.80. The molecule has 2 aromatic rings. The Hall–Kier alpha value is -1.81. The zero-order valence-electron chi connectivity index (χ0n) is 10.5. The molecule has 94 valence electrons. The van der Waals surface area contributed by atoms with Crippen LogP contribution in [-0.2, 0) is 26.4 Å². The first-order valence-corrected chi connectivity index (χ1v) is 6.26. The van der Waals surface area contributed by atoms with E-state index in [-0.39, 0.29) is 0 Å². The van der Waals surface area contributed by atoms with Crippen molar-refractivity contribution in [2.24, 2.45) is 7.05 Å². The van der Waals surface area contributed by atoms with Crippen molar-refractivity contribution in [1.82, 2.24) is 14.9 Å². The zero-order chi connectivity index (χ0) is 12.5. The van der Waals surface area contributed by atoms with Crippen LogP contribution in [-0.4, -0.2) is 21.2 Å². The summed E-state index contributed by atoms with van der Waals surface area (Å²) in [6.07, 6.45) is 1.80. The van der Waals surface area contributed by atoms with Crippen molar-refractivity contribution >= 4 is 0 Å². The van der Waals surface area contributed by atoms with Crippen LogP contribution in [0.15, 0.2) is 24.3 Å². The van der Waals surface area contributed by atoms with Crippen molar-refractivity contribution < 1.29 is 5.11 Å². The lowest BCUT2D eigenvalue weighted by Gasteiger charge is -2.13. The molecule has 0 unspecified atom stereocenters. The third-order valence-electron chi connectivity index (χ3n) is 3.49. The van der Waals surface area contributed by atoms with E-state index < -0.39 is 0 Å². The Labute approximate surface area is 106 Å². The van der Waals surface area contributed by atoms with E-state index in [1.54, 1.807) is 12.1 Å². The molecule has 0 amide bonds. The van der Waals surface area contributed by atoms with Gasteiger partial charge < -0.3 is 15.0 Å². The van der Waals surface area contributed by atoms with Crippen LogP contribution in [0, 0.1) is 0 Å². The molecular formula is C14H17N3O. The Morgan fingerprint density at radius 1 is 1.44 bits per heavy atom. The molecule has 2 heterocycles.